The molecule has 1 N–H and O–H groups in total. The molecule has 0 aromatic carbocycles. The zero-order chi connectivity index (χ0) is 19.4. The van der Waals surface area contributed by atoms with Gasteiger partial charge in [0.1, 0.15) is 0 Å². The first-order valence-corrected chi connectivity index (χ1v) is 11.2. The SMILES string of the molecule is CC(CN(C)N=O)C1CCC2C3CC=C4CC(O)CCC4(C)C3CCC12C. The van der Waals surface area contributed by atoms with E-state index >= 15 is 0 Å². The van der Waals surface area contributed by atoms with Crippen LogP contribution < -0.4 is 0 Å². The summed E-state index contributed by atoms with van der Waals surface area (Å²) in [6.45, 7) is 8.17. The van der Waals surface area contributed by atoms with Crippen LogP contribution in [0, 0.1) is 45.3 Å². The van der Waals surface area contributed by atoms with E-state index in [1.54, 1.807) is 17.6 Å². The fraction of sp³-hybridized carbons (Fsp3) is 0.913. The molecule has 3 fully saturated rings. The first-order chi connectivity index (χ1) is 12.8. The first kappa shape index (κ1) is 19.4. The van der Waals surface area contributed by atoms with Crippen LogP contribution in [0.5, 0.6) is 0 Å². The summed E-state index contributed by atoms with van der Waals surface area (Å²) in [6, 6.07) is 0. The Bertz CT molecular complexity index is 619. The lowest BCUT2D eigenvalue weighted by Crippen LogP contribution is -2.51. The number of nitrogens with zero attached hydrogens (tertiary/aromatic N) is 2. The van der Waals surface area contributed by atoms with E-state index in [4.69, 9.17) is 0 Å². The van der Waals surface area contributed by atoms with Crippen LogP contribution in [-0.2, 0) is 0 Å². The molecule has 0 amide bonds. The summed E-state index contributed by atoms with van der Waals surface area (Å²) >= 11 is 0. The maximum Gasteiger partial charge on any atom is 0.0577 e. The Morgan fingerprint density at radius 1 is 1.22 bits per heavy atom. The van der Waals surface area contributed by atoms with Crippen molar-refractivity contribution >= 4 is 0 Å². The molecule has 0 spiro atoms. The van der Waals surface area contributed by atoms with E-state index in [0.717, 1.165) is 37.1 Å². The molecule has 0 aromatic heterocycles. The number of hydrogen-bond donors (Lipinski definition) is 1. The normalized spacial score (nSPS) is 47.3. The van der Waals surface area contributed by atoms with Crippen LogP contribution in [0.3, 0.4) is 0 Å². The Balaban J connectivity index is 1.56. The molecule has 4 rings (SSSR count). The molecule has 8 atom stereocenters. The molecule has 0 bridgehead atoms. The van der Waals surface area contributed by atoms with Gasteiger partial charge in [0, 0.05) is 13.6 Å². The van der Waals surface area contributed by atoms with Crippen molar-refractivity contribution in [2.45, 2.75) is 78.2 Å². The lowest BCUT2D eigenvalue weighted by atomic mass is 9.47. The number of rotatable bonds is 4. The highest BCUT2D eigenvalue weighted by atomic mass is 16.3. The van der Waals surface area contributed by atoms with Crippen LogP contribution in [0.2, 0.25) is 0 Å². The van der Waals surface area contributed by atoms with Gasteiger partial charge in [-0.15, -0.1) is 4.91 Å². The van der Waals surface area contributed by atoms with Crippen molar-refractivity contribution in [2.24, 2.45) is 45.7 Å². The van der Waals surface area contributed by atoms with Crippen LogP contribution in [-0.4, -0.2) is 29.8 Å². The molecule has 0 aliphatic heterocycles. The third-order valence-corrected chi connectivity index (χ3v) is 9.53. The predicted molar refractivity (Wildman–Crippen MR) is 109 cm³/mol. The van der Waals surface area contributed by atoms with Crippen molar-refractivity contribution in [1.82, 2.24) is 5.01 Å². The zero-order valence-electron chi connectivity index (χ0n) is 17.7. The Kier molecular flexibility index (Phi) is 4.93. The molecule has 4 nitrogen and oxygen atoms in total. The van der Waals surface area contributed by atoms with Crippen LogP contribution in [0.25, 0.3) is 0 Å². The van der Waals surface area contributed by atoms with Crippen molar-refractivity contribution in [3.8, 4) is 0 Å². The van der Waals surface area contributed by atoms with E-state index in [9.17, 15) is 10.0 Å². The van der Waals surface area contributed by atoms with Gasteiger partial charge < -0.3 is 5.11 Å². The number of allylic oxidation sites excluding steroid dienone is 1. The molecule has 0 saturated heterocycles. The van der Waals surface area contributed by atoms with E-state index in [-0.39, 0.29) is 6.10 Å². The summed E-state index contributed by atoms with van der Waals surface area (Å²) in [5, 5.41) is 14.9. The number of hydrogen-bond acceptors (Lipinski definition) is 3. The van der Waals surface area contributed by atoms with Gasteiger partial charge >= 0.3 is 0 Å². The molecule has 3 saturated carbocycles. The summed E-state index contributed by atoms with van der Waals surface area (Å²) in [6.07, 6.45) is 12.0. The quantitative estimate of drug-likeness (QED) is 0.419. The maximum atomic E-state index is 10.8. The van der Waals surface area contributed by atoms with E-state index in [1.807, 2.05) is 0 Å². The molecule has 4 heteroatoms. The molecule has 27 heavy (non-hydrogen) atoms. The molecule has 0 aromatic rings. The summed E-state index contributed by atoms with van der Waals surface area (Å²) in [4.78, 5) is 10.8. The Hall–Kier alpha value is -0.900. The second-order valence-electron chi connectivity index (χ2n) is 10.8. The Morgan fingerprint density at radius 3 is 2.74 bits per heavy atom. The minimum absolute atomic E-state index is 0.116. The largest absolute Gasteiger partial charge is 0.393 e. The molecule has 4 aliphatic rings. The van der Waals surface area contributed by atoms with Gasteiger partial charge in [0.25, 0.3) is 0 Å². The molecule has 8 unspecified atom stereocenters. The molecule has 0 radical (unpaired) electrons. The third kappa shape index (κ3) is 2.97. The predicted octanol–water partition coefficient (Wildman–Crippen LogP) is 5.18. The molecular formula is C23H38N2O2. The van der Waals surface area contributed by atoms with Crippen LogP contribution in [0.4, 0.5) is 0 Å². The van der Waals surface area contributed by atoms with Gasteiger partial charge in [-0.3, -0.25) is 5.01 Å². The Labute approximate surface area is 164 Å². The van der Waals surface area contributed by atoms with E-state index in [1.165, 1.54) is 38.5 Å². The van der Waals surface area contributed by atoms with Crippen molar-refractivity contribution < 1.29 is 5.11 Å². The monoisotopic (exact) mass is 374 g/mol. The summed E-state index contributed by atoms with van der Waals surface area (Å²) in [5.41, 5.74) is 2.31. The summed E-state index contributed by atoms with van der Waals surface area (Å²) in [5.74, 6) is 3.66. The van der Waals surface area contributed by atoms with Gasteiger partial charge in [0.15, 0.2) is 0 Å². The van der Waals surface area contributed by atoms with Gasteiger partial charge in [-0.1, -0.05) is 32.4 Å². The fourth-order valence-corrected chi connectivity index (χ4v) is 8.19. The van der Waals surface area contributed by atoms with Crippen LogP contribution >= 0.6 is 0 Å². The first-order valence-electron chi connectivity index (χ1n) is 11.2. The zero-order valence-corrected chi connectivity index (χ0v) is 17.7. The highest BCUT2D eigenvalue weighted by molar-refractivity contribution is 5.25. The number of fused-ring (bicyclic) bond motifs is 5. The fourth-order valence-electron chi connectivity index (χ4n) is 8.19. The highest BCUT2D eigenvalue weighted by Gasteiger charge is 2.59. The van der Waals surface area contributed by atoms with Crippen LogP contribution in [0.15, 0.2) is 16.9 Å². The number of nitroso groups, excluding NO2 is 1. The molecule has 0 heterocycles. The van der Waals surface area contributed by atoms with Gasteiger partial charge in [0.05, 0.1) is 11.4 Å². The Morgan fingerprint density at radius 2 is 2.00 bits per heavy atom. The molecular weight excluding hydrogens is 336 g/mol. The van der Waals surface area contributed by atoms with Crippen LogP contribution in [0.1, 0.15) is 72.1 Å². The smallest absolute Gasteiger partial charge is 0.0577 e. The third-order valence-electron chi connectivity index (χ3n) is 9.53. The lowest BCUT2D eigenvalue weighted by molar-refractivity contribution is -0.0581. The minimum atomic E-state index is -0.116. The van der Waals surface area contributed by atoms with E-state index < -0.39 is 0 Å². The molecule has 152 valence electrons. The number of aliphatic hydroxyl groups excluding tert-OH is 1. The van der Waals surface area contributed by atoms with Crippen molar-refractivity contribution in [2.75, 3.05) is 13.6 Å². The maximum absolute atomic E-state index is 10.8. The second-order valence-corrected chi connectivity index (χ2v) is 10.8. The lowest BCUT2D eigenvalue weighted by Gasteiger charge is -2.58. The average Bonchev–Trinajstić information content (AvgIpc) is 2.99. The summed E-state index contributed by atoms with van der Waals surface area (Å²) in [7, 11) is 1.81. The van der Waals surface area contributed by atoms with Crippen molar-refractivity contribution in [1.29, 1.82) is 0 Å². The van der Waals surface area contributed by atoms with Crippen molar-refractivity contribution in [3.05, 3.63) is 16.6 Å². The second kappa shape index (κ2) is 6.86. The van der Waals surface area contributed by atoms with Gasteiger partial charge in [-0.25, -0.2) is 0 Å². The van der Waals surface area contributed by atoms with Gasteiger partial charge in [-0.2, -0.15) is 0 Å². The summed E-state index contributed by atoms with van der Waals surface area (Å²) < 4.78 is 0. The molecule has 4 aliphatic carbocycles. The number of aliphatic hydroxyl groups is 1. The van der Waals surface area contributed by atoms with E-state index in [2.05, 4.69) is 32.1 Å². The van der Waals surface area contributed by atoms with E-state index in [0.29, 0.717) is 22.7 Å². The average molecular weight is 375 g/mol. The minimum Gasteiger partial charge on any atom is -0.393 e. The topological polar surface area (TPSA) is 52.9 Å². The highest BCUT2D eigenvalue weighted by Crippen LogP contribution is 2.67. The van der Waals surface area contributed by atoms with Gasteiger partial charge in [0.2, 0.25) is 0 Å². The van der Waals surface area contributed by atoms with Crippen molar-refractivity contribution in [3.63, 3.8) is 0 Å². The van der Waals surface area contributed by atoms with Gasteiger partial charge in [-0.05, 0) is 91.8 Å². The standard InChI is InChI=1S/C23H38N2O2/c1-15(14-25(4)24-27)19-7-8-20-18-6-5-16-13-17(26)9-11-22(16,2)21(18)10-12-23(19,20)3/h5,15,17-21,26H,6-14H2,1-4H3.